The fraction of sp³-hybridized carbons (Fsp3) is 0.222. The van der Waals surface area contributed by atoms with E-state index in [1.807, 2.05) is 13.1 Å². The lowest BCUT2D eigenvalue weighted by atomic mass is 10.4. The van der Waals surface area contributed by atoms with Gasteiger partial charge in [-0.15, -0.1) is 0 Å². The quantitative estimate of drug-likeness (QED) is 0.743. The summed E-state index contributed by atoms with van der Waals surface area (Å²) >= 11 is 0. The predicted octanol–water partition coefficient (Wildman–Crippen LogP) is 0.429. The minimum Gasteiger partial charge on any atom is -0.325 e. The van der Waals surface area contributed by atoms with Crippen LogP contribution in [0, 0.1) is 6.92 Å². The number of nitrogens with zero attached hydrogens (tertiary/aromatic N) is 4. The Kier molecular flexibility index (Phi) is 2.24. The third-order valence-electron chi connectivity index (χ3n) is 1.83. The average molecular weight is 189 g/mol. The van der Waals surface area contributed by atoms with Gasteiger partial charge in [-0.1, -0.05) is 0 Å². The summed E-state index contributed by atoms with van der Waals surface area (Å²) in [5, 5.41) is 4.13. The molecule has 0 radical (unpaired) electrons. The van der Waals surface area contributed by atoms with E-state index >= 15 is 0 Å². The topological polar surface area (TPSA) is 69.6 Å². The van der Waals surface area contributed by atoms with Gasteiger partial charge in [0.05, 0.1) is 18.1 Å². The second-order valence-electron chi connectivity index (χ2n) is 3.03. The zero-order valence-corrected chi connectivity index (χ0v) is 7.88. The van der Waals surface area contributed by atoms with E-state index in [0.717, 1.165) is 11.3 Å². The van der Waals surface area contributed by atoms with Gasteiger partial charge in [0.1, 0.15) is 0 Å². The molecule has 0 aliphatic heterocycles. The van der Waals surface area contributed by atoms with Gasteiger partial charge in [-0.2, -0.15) is 5.10 Å². The minimum absolute atomic E-state index is 0.390. The summed E-state index contributed by atoms with van der Waals surface area (Å²) in [5.74, 6) is 0.695. The van der Waals surface area contributed by atoms with Gasteiger partial charge in [-0.05, 0) is 12.5 Å². The maximum atomic E-state index is 5.47. The SMILES string of the molecule is Cc1cnn(-c2cncc(CN)n2)c1. The van der Waals surface area contributed by atoms with E-state index < -0.39 is 0 Å². The van der Waals surface area contributed by atoms with Crippen LogP contribution in [0.15, 0.2) is 24.8 Å². The summed E-state index contributed by atoms with van der Waals surface area (Å²) in [4.78, 5) is 8.33. The van der Waals surface area contributed by atoms with Crippen molar-refractivity contribution >= 4 is 0 Å². The summed E-state index contributed by atoms with van der Waals surface area (Å²) < 4.78 is 1.68. The van der Waals surface area contributed by atoms with E-state index in [0.29, 0.717) is 12.4 Å². The molecule has 0 aliphatic carbocycles. The number of rotatable bonds is 2. The molecule has 0 unspecified atom stereocenters. The molecule has 0 aromatic carbocycles. The third kappa shape index (κ3) is 1.62. The molecule has 5 heteroatoms. The lowest BCUT2D eigenvalue weighted by Gasteiger charge is -2.00. The van der Waals surface area contributed by atoms with E-state index in [2.05, 4.69) is 15.1 Å². The highest BCUT2D eigenvalue weighted by atomic mass is 15.3. The van der Waals surface area contributed by atoms with Crippen LogP contribution in [0.2, 0.25) is 0 Å². The van der Waals surface area contributed by atoms with Gasteiger partial charge in [-0.25, -0.2) is 9.67 Å². The molecule has 2 rings (SSSR count). The van der Waals surface area contributed by atoms with Gasteiger partial charge in [0.15, 0.2) is 5.82 Å². The Hall–Kier alpha value is -1.75. The Morgan fingerprint density at radius 1 is 1.36 bits per heavy atom. The van der Waals surface area contributed by atoms with Crippen LogP contribution < -0.4 is 5.73 Å². The van der Waals surface area contributed by atoms with Gasteiger partial charge >= 0.3 is 0 Å². The molecule has 2 aromatic heterocycles. The van der Waals surface area contributed by atoms with Crippen molar-refractivity contribution in [2.24, 2.45) is 5.73 Å². The fourth-order valence-electron chi connectivity index (χ4n) is 1.14. The normalized spacial score (nSPS) is 10.4. The fourth-order valence-corrected chi connectivity index (χ4v) is 1.14. The van der Waals surface area contributed by atoms with Crippen LogP contribution in [0.4, 0.5) is 0 Å². The molecule has 2 heterocycles. The highest BCUT2D eigenvalue weighted by molar-refractivity contribution is 5.20. The van der Waals surface area contributed by atoms with Gasteiger partial charge in [0, 0.05) is 18.9 Å². The van der Waals surface area contributed by atoms with Crippen molar-refractivity contribution in [3.05, 3.63) is 36.0 Å². The van der Waals surface area contributed by atoms with Crippen LogP contribution in [0.3, 0.4) is 0 Å². The third-order valence-corrected chi connectivity index (χ3v) is 1.83. The molecule has 0 spiro atoms. The molecule has 0 amide bonds. The lowest BCUT2D eigenvalue weighted by molar-refractivity contribution is 0.816. The molecule has 0 saturated carbocycles. The maximum Gasteiger partial charge on any atom is 0.172 e. The monoisotopic (exact) mass is 189 g/mol. The van der Waals surface area contributed by atoms with Gasteiger partial charge in [0.2, 0.25) is 0 Å². The van der Waals surface area contributed by atoms with Crippen LogP contribution in [0.5, 0.6) is 0 Å². The number of hydrogen-bond donors (Lipinski definition) is 1. The molecule has 0 saturated heterocycles. The van der Waals surface area contributed by atoms with E-state index in [-0.39, 0.29) is 0 Å². The number of nitrogens with two attached hydrogens (primary N) is 1. The van der Waals surface area contributed by atoms with Crippen LogP contribution in [-0.2, 0) is 6.54 Å². The van der Waals surface area contributed by atoms with Crippen molar-refractivity contribution in [1.82, 2.24) is 19.7 Å². The first-order chi connectivity index (χ1) is 6.79. The first kappa shape index (κ1) is 8.83. The highest BCUT2D eigenvalue weighted by Crippen LogP contribution is 2.03. The van der Waals surface area contributed by atoms with Crippen molar-refractivity contribution in [1.29, 1.82) is 0 Å². The largest absolute Gasteiger partial charge is 0.325 e. The zero-order chi connectivity index (χ0) is 9.97. The van der Waals surface area contributed by atoms with Crippen molar-refractivity contribution in [2.45, 2.75) is 13.5 Å². The number of hydrogen-bond acceptors (Lipinski definition) is 4. The molecular weight excluding hydrogens is 178 g/mol. The number of aromatic nitrogens is 4. The molecular formula is C9H11N5. The smallest absolute Gasteiger partial charge is 0.172 e. The summed E-state index contributed by atoms with van der Waals surface area (Å²) in [6.07, 6.45) is 6.98. The first-order valence-corrected chi connectivity index (χ1v) is 4.32. The summed E-state index contributed by atoms with van der Waals surface area (Å²) in [6.45, 7) is 2.37. The number of aryl methyl sites for hydroxylation is 1. The van der Waals surface area contributed by atoms with Crippen LogP contribution in [-0.4, -0.2) is 19.7 Å². The van der Waals surface area contributed by atoms with E-state index in [9.17, 15) is 0 Å². The molecule has 5 nitrogen and oxygen atoms in total. The van der Waals surface area contributed by atoms with E-state index in [1.165, 1.54) is 0 Å². The Labute approximate surface area is 81.6 Å². The molecule has 0 atom stereocenters. The molecule has 14 heavy (non-hydrogen) atoms. The van der Waals surface area contributed by atoms with Gasteiger partial charge in [0.25, 0.3) is 0 Å². The van der Waals surface area contributed by atoms with E-state index in [1.54, 1.807) is 23.3 Å². The van der Waals surface area contributed by atoms with Crippen molar-refractivity contribution in [3.8, 4) is 5.82 Å². The standard InChI is InChI=1S/C9H11N5/c1-7-3-12-14(6-7)9-5-11-4-8(2-10)13-9/h3-6H,2,10H2,1H3. The Morgan fingerprint density at radius 2 is 2.21 bits per heavy atom. The Bertz CT molecular complexity index is 434. The molecule has 0 aliphatic rings. The van der Waals surface area contributed by atoms with E-state index in [4.69, 9.17) is 5.73 Å². The maximum absolute atomic E-state index is 5.47. The van der Waals surface area contributed by atoms with Gasteiger partial charge < -0.3 is 5.73 Å². The second-order valence-corrected chi connectivity index (χ2v) is 3.03. The average Bonchev–Trinajstić information content (AvgIpc) is 2.65. The summed E-state index contributed by atoms with van der Waals surface area (Å²) in [6, 6.07) is 0. The van der Waals surface area contributed by atoms with Crippen molar-refractivity contribution in [3.63, 3.8) is 0 Å². The van der Waals surface area contributed by atoms with Crippen molar-refractivity contribution in [2.75, 3.05) is 0 Å². The molecule has 0 bridgehead atoms. The van der Waals surface area contributed by atoms with Crippen LogP contribution in [0.25, 0.3) is 5.82 Å². The summed E-state index contributed by atoms with van der Waals surface area (Å²) in [7, 11) is 0. The molecule has 2 N–H and O–H groups in total. The van der Waals surface area contributed by atoms with Crippen LogP contribution >= 0.6 is 0 Å². The minimum atomic E-state index is 0.390. The first-order valence-electron chi connectivity index (χ1n) is 4.32. The van der Waals surface area contributed by atoms with Crippen molar-refractivity contribution < 1.29 is 0 Å². The molecule has 2 aromatic rings. The summed E-state index contributed by atoms with van der Waals surface area (Å²) in [5.41, 5.74) is 7.32. The van der Waals surface area contributed by atoms with Gasteiger partial charge in [-0.3, -0.25) is 4.98 Å². The second kappa shape index (κ2) is 3.55. The predicted molar refractivity (Wildman–Crippen MR) is 51.8 cm³/mol. The van der Waals surface area contributed by atoms with Crippen LogP contribution in [0.1, 0.15) is 11.3 Å². The molecule has 72 valence electrons. The molecule has 0 fully saturated rings. The highest BCUT2D eigenvalue weighted by Gasteiger charge is 2.00. The Morgan fingerprint density at radius 3 is 2.86 bits per heavy atom. The lowest BCUT2D eigenvalue weighted by Crippen LogP contribution is -2.05. The zero-order valence-electron chi connectivity index (χ0n) is 7.88. The Balaban J connectivity index is 2.41.